The molecule has 0 aliphatic carbocycles. The molecule has 7 heteroatoms. The molecule has 3 aromatic carbocycles. The summed E-state index contributed by atoms with van der Waals surface area (Å²) in [7, 11) is 1.50. The molecule has 0 bridgehead atoms. The third-order valence-corrected chi connectivity index (χ3v) is 5.02. The van der Waals surface area contributed by atoms with E-state index < -0.39 is 5.91 Å². The summed E-state index contributed by atoms with van der Waals surface area (Å²) in [6.07, 6.45) is 2.27. The Morgan fingerprint density at radius 2 is 1.82 bits per heavy atom. The number of methoxy groups -OCH3 is 1. The van der Waals surface area contributed by atoms with Crippen molar-refractivity contribution in [3.05, 3.63) is 88.5 Å². The lowest BCUT2D eigenvalue weighted by atomic mass is 10.1. The first kappa shape index (κ1) is 24.7. The molecule has 0 spiro atoms. The third kappa shape index (κ3) is 6.77. The van der Waals surface area contributed by atoms with Crippen molar-refractivity contribution in [3.8, 4) is 23.3 Å². The first-order valence-corrected chi connectivity index (χ1v) is 11.1. The zero-order valence-electron chi connectivity index (χ0n) is 19.0. The van der Waals surface area contributed by atoms with E-state index in [-0.39, 0.29) is 5.57 Å². The Bertz CT molecular complexity index is 1190. The first-order valence-electron chi connectivity index (χ1n) is 10.7. The summed E-state index contributed by atoms with van der Waals surface area (Å²) in [5, 5.41) is 12.6. The quantitative estimate of drug-likeness (QED) is 0.276. The standard InChI is InChI=1S/C27H25ClN2O4/c1-3-13-33-26-24(28)15-20(16-25(26)32-2)14-21(17-29)27(31)30-22-9-11-23(12-10-22)34-18-19-7-5-4-6-8-19/h4-12,14-16H,3,13,18H2,1-2H3,(H,30,31)/b21-14+. The summed E-state index contributed by atoms with van der Waals surface area (Å²) in [5.41, 5.74) is 2.06. The highest BCUT2D eigenvalue weighted by Crippen LogP contribution is 2.37. The van der Waals surface area contributed by atoms with Gasteiger partial charge in [-0.15, -0.1) is 0 Å². The maximum atomic E-state index is 12.7. The topological polar surface area (TPSA) is 80.6 Å². The lowest BCUT2D eigenvalue weighted by Gasteiger charge is -2.13. The van der Waals surface area contributed by atoms with Gasteiger partial charge in [0.1, 0.15) is 24.0 Å². The molecule has 0 aliphatic rings. The highest BCUT2D eigenvalue weighted by Gasteiger charge is 2.14. The largest absolute Gasteiger partial charge is 0.493 e. The fourth-order valence-corrected chi connectivity index (χ4v) is 3.33. The lowest BCUT2D eigenvalue weighted by Crippen LogP contribution is -2.13. The van der Waals surface area contributed by atoms with Gasteiger partial charge in [-0.25, -0.2) is 0 Å². The van der Waals surface area contributed by atoms with Gasteiger partial charge >= 0.3 is 0 Å². The SMILES string of the molecule is CCCOc1c(Cl)cc(/C=C(\C#N)C(=O)Nc2ccc(OCc3ccccc3)cc2)cc1OC. The average molecular weight is 477 g/mol. The Morgan fingerprint density at radius 1 is 1.09 bits per heavy atom. The summed E-state index contributed by atoms with van der Waals surface area (Å²) >= 11 is 6.34. The molecule has 0 saturated heterocycles. The van der Waals surface area contributed by atoms with Gasteiger partial charge < -0.3 is 19.5 Å². The van der Waals surface area contributed by atoms with Crippen molar-refractivity contribution >= 4 is 29.3 Å². The van der Waals surface area contributed by atoms with Crippen LogP contribution in [0.3, 0.4) is 0 Å². The van der Waals surface area contributed by atoms with Gasteiger partial charge in [0.2, 0.25) is 0 Å². The van der Waals surface area contributed by atoms with Crippen LogP contribution in [-0.2, 0) is 11.4 Å². The fraction of sp³-hybridized carbons (Fsp3) is 0.185. The molecule has 0 saturated carbocycles. The van der Waals surface area contributed by atoms with Crippen LogP contribution in [0.5, 0.6) is 17.2 Å². The van der Waals surface area contributed by atoms with E-state index in [9.17, 15) is 10.1 Å². The van der Waals surface area contributed by atoms with Gasteiger partial charge in [-0.05, 0) is 60.0 Å². The van der Waals surface area contributed by atoms with E-state index >= 15 is 0 Å². The number of hydrogen-bond donors (Lipinski definition) is 1. The van der Waals surface area contributed by atoms with Crippen LogP contribution >= 0.6 is 11.6 Å². The third-order valence-electron chi connectivity index (χ3n) is 4.74. The van der Waals surface area contributed by atoms with Gasteiger partial charge in [-0.3, -0.25) is 4.79 Å². The predicted octanol–water partition coefficient (Wildman–Crippen LogP) is 6.26. The average Bonchev–Trinajstić information content (AvgIpc) is 2.86. The van der Waals surface area contributed by atoms with E-state index in [2.05, 4.69) is 5.32 Å². The van der Waals surface area contributed by atoms with E-state index in [4.69, 9.17) is 25.8 Å². The van der Waals surface area contributed by atoms with E-state index in [0.29, 0.717) is 46.7 Å². The Labute approximate surface area is 204 Å². The van der Waals surface area contributed by atoms with Crippen LogP contribution in [-0.4, -0.2) is 19.6 Å². The van der Waals surface area contributed by atoms with Crippen LogP contribution in [0.2, 0.25) is 5.02 Å². The maximum Gasteiger partial charge on any atom is 0.266 e. The van der Waals surface area contributed by atoms with E-state index in [1.165, 1.54) is 13.2 Å². The predicted molar refractivity (Wildman–Crippen MR) is 133 cm³/mol. The first-order chi connectivity index (χ1) is 16.5. The van der Waals surface area contributed by atoms with Crippen LogP contribution < -0.4 is 19.5 Å². The van der Waals surface area contributed by atoms with Crippen molar-refractivity contribution in [3.63, 3.8) is 0 Å². The van der Waals surface area contributed by atoms with Gasteiger partial charge in [0.25, 0.3) is 5.91 Å². The van der Waals surface area contributed by atoms with Crippen molar-refractivity contribution < 1.29 is 19.0 Å². The number of carbonyl (C=O) groups is 1. The molecule has 174 valence electrons. The number of benzene rings is 3. The Balaban J connectivity index is 1.68. The molecular weight excluding hydrogens is 452 g/mol. The van der Waals surface area contributed by atoms with Gasteiger partial charge in [0.05, 0.1) is 18.7 Å². The molecule has 0 heterocycles. The van der Waals surface area contributed by atoms with Crippen LogP contribution in [0, 0.1) is 11.3 Å². The van der Waals surface area contributed by atoms with Crippen molar-refractivity contribution in [1.82, 2.24) is 0 Å². The molecule has 0 radical (unpaired) electrons. The van der Waals surface area contributed by atoms with E-state index in [1.807, 2.05) is 43.3 Å². The summed E-state index contributed by atoms with van der Waals surface area (Å²) in [6.45, 7) is 2.93. The van der Waals surface area contributed by atoms with Crippen molar-refractivity contribution in [1.29, 1.82) is 5.26 Å². The Hall–Kier alpha value is -3.95. The van der Waals surface area contributed by atoms with Crippen LogP contribution in [0.1, 0.15) is 24.5 Å². The molecule has 6 nitrogen and oxygen atoms in total. The normalized spacial score (nSPS) is 10.8. The number of ether oxygens (including phenoxy) is 3. The number of nitrogens with one attached hydrogen (secondary N) is 1. The van der Waals surface area contributed by atoms with Crippen LogP contribution in [0.15, 0.2) is 72.3 Å². The zero-order valence-corrected chi connectivity index (χ0v) is 19.8. The van der Waals surface area contributed by atoms with E-state index in [0.717, 1.165) is 12.0 Å². The minimum atomic E-state index is -0.540. The summed E-state index contributed by atoms with van der Waals surface area (Å²) in [5.74, 6) is 0.989. The smallest absolute Gasteiger partial charge is 0.266 e. The Kier molecular flexibility index (Phi) is 8.96. The lowest BCUT2D eigenvalue weighted by molar-refractivity contribution is -0.112. The van der Waals surface area contributed by atoms with Gasteiger partial charge in [0, 0.05) is 5.69 Å². The van der Waals surface area contributed by atoms with Gasteiger partial charge in [-0.2, -0.15) is 5.26 Å². The number of nitrogens with zero attached hydrogens (tertiary/aromatic N) is 1. The number of amides is 1. The molecule has 0 fully saturated rings. The van der Waals surface area contributed by atoms with Gasteiger partial charge in [-0.1, -0.05) is 48.9 Å². The molecule has 3 rings (SSSR count). The van der Waals surface area contributed by atoms with E-state index in [1.54, 1.807) is 36.4 Å². The minimum absolute atomic E-state index is 0.0789. The summed E-state index contributed by atoms with van der Waals surface area (Å²) in [6, 6.07) is 22.0. The molecule has 0 aliphatic heterocycles. The molecule has 3 aromatic rings. The van der Waals surface area contributed by atoms with Crippen molar-refractivity contribution in [2.45, 2.75) is 20.0 Å². The summed E-state index contributed by atoms with van der Waals surface area (Å²) in [4.78, 5) is 12.7. The molecule has 1 N–H and O–H groups in total. The Morgan fingerprint density at radius 3 is 2.47 bits per heavy atom. The number of halogens is 1. The van der Waals surface area contributed by atoms with Gasteiger partial charge in [0.15, 0.2) is 11.5 Å². The number of carbonyl (C=O) groups excluding carboxylic acids is 1. The zero-order chi connectivity index (χ0) is 24.3. The highest BCUT2D eigenvalue weighted by atomic mass is 35.5. The van der Waals surface area contributed by atoms with Crippen LogP contribution in [0.25, 0.3) is 6.08 Å². The molecule has 0 aromatic heterocycles. The number of nitriles is 1. The van der Waals surface area contributed by atoms with Crippen molar-refractivity contribution in [2.75, 3.05) is 19.0 Å². The molecule has 0 unspecified atom stereocenters. The monoisotopic (exact) mass is 476 g/mol. The molecule has 34 heavy (non-hydrogen) atoms. The minimum Gasteiger partial charge on any atom is -0.493 e. The summed E-state index contributed by atoms with van der Waals surface area (Å²) < 4.78 is 16.8. The second-order valence-electron chi connectivity index (χ2n) is 7.31. The molecular formula is C27H25ClN2O4. The number of anilines is 1. The molecule has 0 atom stereocenters. The maximum absolute atomic E-state index is 12.7. The number of hydrogen-bond acceptors (Lipinski definition) is 5. The fourth-order valence-electron chi connectivity index (χ4n) is 3.06. The molecule has 1 amide bonds. The van der Waals surface area contributed by atoms with Crippen LogP contribution in [0.4, 0.5) is 5.69 Å². The second-order valence-corrected chi connectivity index (χ2v) is 7.71. The second kappa shape index (κ2) is 12.3. The number of rotatable bonds is 10. The highest BCUT2D eigenvalue weighted by molar-refractivity contribution is 6.32. The van der Waals surface area contributed by atoms with Crippen molar-refractivity contribution in [2.24, 2.45) is 0 Å².